The summed E-state index contributed by atoms with van der Waals surface area (Å²) in [6.07, 6.45) is 13.2. The summed E-state index contributed by atoms with van der Waals surface area (Å²) in [5.41, 5.74) is 4.82. The molecule has 0 amide bonds. The molecule has 4 aromatic carbocycles. The number of aliphatic hydroxyl groups excluding tert-OH is 4. The molecule has 340 valence electrons. The largest absolute Gasteiger partial charge is 0.513 e. The Hall–Kier alpha value is 0.766. The van der Waals surface area contributed by atoms with Gasteiger partial charge < -0.3 is 39.4 Å². The standard InChI is InChI=1S/3C13H17O2.C12H16O2P.4Y/c3*1-2-5-11(14)13-9-8-10-6-3-4-7-12(10)15-13;13-10(7-8-15)12-6-5-9-3-1-2-4-11(9)14-12;;;;/h3*4,6-7,11,13-14H,2,5,8-9H2,1H3;2-4,10,12-13H,5-8,15H2;;;;/q4*-1;;;;/t11-,13+;2*11-,13-;10-,12+;;;;/m1100..../s1. The summed E-state index contributed by atoms with van der Waals surface area (Å²) in [5, 5.41) is 39.5. The van der Waals surface area contributed by atoms with Crippen molar-refractivity contribution >= 4 is 9.24 Å². The Morgan fingerprint density at radius 3 is 0.906 bits per heavy atom. The quantitative estimate of drug-likeness (QED) is 0.0823. The van der Waals surface area contributed by atoms with E-state index in [0.717, 1.165) is 125 Å². The third-order valence-electron chi connectivity index (χ3n) is 11.5. The molecule has 13 heteroatoms. The maximum Gasteiger partial charge on any atom is 0.121 e. The number of ether oxygens (including phenoxy) is 4. The first-order valence-electron chi connectivity index (χ1n) is 22.3. The number of fused-ring (bicyclic) bond motifs is 4. The second kappa shape index (κ2) is 35.0. The van der Waals surface area contributed by atoms with Gasteiger partial charge in [0.25, 0.3) is 0 Å². The second-order valence-electron chi connectivity index (χ2n) is 16.1. The van der Waals surface area contributed by atoms with Gasteiger partial charge in [0.1, 0.15) is 24.4 Å². The van der Waals surface area contributed by atoms with Gasteiger partial charge in [-0.05, 0) is 57.5 Å². The average Bonchev–Trinajstić information content (AvgIpc) is 3.29. The summed E-state index contributed by atoms with van der Waals surface area (Å²) in [4.78, 5) is 0. The van der Waals surface area contributed by atoms with Crippen LogP contribution < -0.4 is 18.9 Å². The van der Waals surface area contributed by atoms with E-state index in [-0.39, 0.29) is 180 Å². The molecule has 4 N–H and O–H groups in total. The Labute approximate surface area is 487 Å². The molecule has 8 nitrogen and oxygen atoms in total. The van der Waals surface area contributed by atoms with E-state index in [2.05, 4.69) is 54.3 Å². The topological polar surface area (TPSA) is 118 Å². The first-order valence-corrected chi connectivity index (χ1v) is 23.1. The van der Waals surface area contributed by atoms with Crippen molar-refractivity contribution in [3.63, 3.8) is 0 Å². The van der Waals surface area contributed by atoms with Crippen LogP contribution in [0.1, 0.15) is 114 Å². The molecule has 0 aromatic heterocycles. The third-order valence-corrected chi connectivity index (χ3v) is 11.8. The van der Waals surface area contributed by atoms with Gasteiger partial charge in [-0.15, -0.1) is 55.8 Å². The second-order valence-corrected chi connectivity index (χ2v) is 16.7. The van der Waals surface area contributed by atoms with Gasteiger partial charge in [-0.25, -0.2) is 0 Å². The molecule has 0 saturated heterocycles. The molecule has 64 heavy (non-hydrogen) atoms. The van der Waals surface area contributed by atoms with Crippen molar-refractivity contribution in [1.82, 2.24) is 0 Å². The average molecular weight is 1190 g/mol. The molecule has 0 fully saturated rings. The summed E-state index contributed by atoms with van der Waals surface area (Å²) in [7, 11) is 2.63. The zero-order chi connectivity index (χ0) is 42.7. The Kier molecular flexibility index (Phi) is 34.3. The first-order chi connectivity index (χ1) is 29.2. The minimum atomic E-state index is -0.347. The third kappa shape index (κ3) is 20.2. The van der Waals surface area contributed by atoms with Crippen molar-refractivity contribution in [2.24, 2.45) is 0 Å². The van der Waals surface area contributed by atoms with E-state index in [1.54, 1.807) is 0 Å². The SMILES string of the molecule is CCC[C@@H](O)[C@@H]1CCc2c[c-]ccc2O1.CCC[C@@H](O)[C@H]1CCc2c[c-]ccc2O1.CCC[C@H](O)[C@@H]1CCc2c[c-]ccc2O1.O[C@@H](CCP)[C@H]1CCc2c[c-]ccc2O1.[Y].[Y].[Y].[Y]. The van der Waals surface area contributed by atoms with Crippen LogP contribution in [-0.2, 0) is 157 Å². The number of hydrogen-bond acceptors (Lipinski definition) is 8. The molecule has 4 aromatic rings. The minimum Gasteiger partial charge on any atom is -0.513 e. The number of aliphatic hydroxyl groups is 4. The molecular weight excluding hydrogens is 1130 g/mol. The molecule has 4 aliphatic heterocycles. The van der Waals surface area contributed by atoms with Gasteiger partial charge in [0.15, 0.2) is 0 Å². The zero-order valence-corrected chi connectivity index (χ0v) is 50.7. The van der Waals surface area contributed by atoms with E-state index in [9.17, 15) is 20.4 Å². The van der Waals surface area contributed by atoms with Crippen molar-refractivity contribution in [2.45, 2.75) is 166 Å². The van der Waals surface area contributed by atoms with Gasteiger partial charge in [-0.2, -0.15) is 72.8 Å². The van der Waals surface area contributed by atoms with Gasteiger partial charge in [0.05, 0.1) is 24.4 Å². The van der Waals surface area contributed by atoms with E-state index >= 15 is 0 Å². The first kappa shape index (κ1) is 62.8. The summed E-state index contributed by atoms with van der Waals surface area (Å²) >= 11 is 0. The van der Waals surface area contributed by atoms with Crippen LogP contribution in [0.4, 0.5) is 0 Å². The summed E-state index contributed by atoms with van der Waals surface area (Å²) in [6, 6.07) is 35.2. The Balaban J connectivity index is 0.000000418. The van der Waals surface area contributed by atoms with Crippen molar-refractivity contribution in [3.05, 3.63) is 119 Å². The summed E-state index contributed by atoms with van der Waals surface area (Å²) < 4.78 is 23.1. The van der Waals surface area contributed by atoms with Gasteiger partial charge in [0, 0.05) is 154 Å². The van der Waals surface area contributed by atoms with E-state index in [1.807, 2.05) is 72.8 Å². The van der Waals surface area contributed by atoms with E-state index in [0.29, 0.717) is 0 Å². The minimum absolute atomic E-state index is 0. The fraction of sp³-hybridized carbons (Fsp3) is 0.529. The number of benzene rings is 4. The zero-order valence-electron chi connectivity index (χ0n) is 38.2. The monoisotopic (exact) mass is 1190 g/mol. The Morgan fingerprint density at radius 1 is 0.453 bits per heavy atom. The van der Waals surface area contributed by atoms with E-state index in [4.69, 9.17) is 18.9 Å². The molecule has 4 heterocycles. The predicted octanol–water partition coefficient (Wildman–Crippen LogP) is 8.82. The van der Waals surface area contributed by atoms with Crippen LogP contribution in [0.25, 0.3) is 0 Å². The maximum absolute atomic E-state index is 9.87. The number of aryl methyl sites for hydroxylation is 4. The van der Waals surface area contributed by atoms with Crippen LogP contribution in [-0.4, -0.2) is 75.4 Å². The number of rotatable bonds is 12. The molecular formula is C51H67O8PY4-4. The van der Waals surface area contributed by atoms with Crippen LogP contribution >= 0.6 is 9.24 Å². The van der Waals surface area contributed by atoms with Crippen LogP contribution in [0.3, 0.4) is 0 Å². The Bertz CT molecular complexity index is 1580. The molecule has 0 bridgehead atoms. The molecule has 1 unspecified atom stereocenters. The molecule has 4 aliphatic rings. The van der Waals surface area contributed by atoms with Gasteiger partial charge >= 0.3 is 0 Å². The van der Waals surface area contributed by atoms with Crippen molar-refractivity contribution < 1.29 is 170 Å². The van der Waals surface area contributed by atoms with Gasteiger partial charge in [-0.3, -0.25) is 0 Å². The predicted molar refractivity (Wildman–Crippen MR) is 240 cm³/mol. The van der Waals surface area contributed by atoms with E-state index < -0.39 is 0 Å². The Morgan fingerprint density at radius 2 is 0.688 bits per heavy atom. The molecule has 8 rings (SSSR count). The molecule has 0 saturated carbocycles. The smallest absolute Gasteiger partial charge is 0.121 e. The van der Waals surface area contributed by atoms with Crippen molar-refractivity contribution in [1.29, 1.82) is 0 Å². The van der Waals surface area contributed by atoms with Gasteiger partial charge in [0.2, 0.25) is 0 Å². The fourth-order valence-electron chi connectivity index (χ4n) is 8.01. The van der Waals surface area contributed by atoms with Crippen LogP contribution in [0.15, 0.2) is 72.8 Å². The van der Waals surface area contributed by atoms with Crippen molar-refractivity contribution in [3.8, 4) is 23.0 Å². The molecule has 0 spiro atoms. The summed E-state index contributed by atoms with van der Waals surface area (Å²) in [6.45, 7) is 6.23. The normalized spacial score (nSPS) is 20.2. The van der Waals surface area contributed by atoms with Gasteiger partial charge in [-0.1, -0.05) is 65.7 Å². The molecule has 9 atom stereocenters. The molecule has 4 radical (unpaired) electrons. The molecule has 0 aliphatic carbocycles. The summed E-state index contributed by atoms with van der Waals surface area (Å²) in [5.74, 6) is 3.66. The van der Waals surface area contributed by atoms with Crippen LogP contribution in [0, 0.1) is 24.3 Å². The van der Waals surface area contributed by atoms with Crippen LogP contribution in [0.2, 0.25) is 0 Å². The van der Waals surface area contributed by atoms with E-state index in [1.165, 1.54) is 22.3 Å². The fourth-order valence-corrected chi connectivity index (χ4v) is 8.35. The number of hydrogen-bond donors (Lipinski definition) is 4. The maximum atomic E-state index is 9.87. The van der Waals surface area contributed by atoms with Crippen molar-refractivity contribution in [2.75, 3.05) is 6.16 Å². The van der Waals surface area contributed by atoms with Crippen LogP contribution in [0.5, 0.6) is 23.0 Å².